The third-order valence-electron chi connectivity index (χ3n) is 3.57. The van der Waals surface area contributed by atoms with Crippen LogP contribution in [0.15, 0.2) is 48.9 Å². The zero-order chi connectivity index (χ0) is 14.0. The van der Waals surface area contributed by atoms with Gasteiger partial charge in [0.25, 0.3) is 0 Å². The molecule has 0 radical (unpaired) electrons. The van der Waals surface area contributed by atoms with E-state index in [0.717, 1.165) is 18.8 Å². The number of alkyl halides is 2. The number of halogens is 2. The largest absolute Gasteiger partial charge is 0.353 e. The molecule has 1 aliphatic rings. The molecule has 1 aromatic carbocycles. The SMILES string of the molecule is ClC1(Cl)CC(c2ccccc2)CN(c2ccncn2)C1. The van der Waals surface area contributed by atoms with Gasteiger partial charge < -0.3 is 4.90 Å². The lowest BCUT2D eigenvalue weighted by molar-refractivity contribution is 0.484. The maximum absolute atomic E-state index is 6.44. The minimum absolute atomic E-state index is 0.301. The highest BCUT2D eigenvalue weighted by molar-refractivity contribution is 6.48. The molecular weight excluding hydrogens is 293 g/mol. The van der Waals surface area contributed by atoms with Crippen molar-refractivity contribution in [2.24, 2.45) is 0 Å². The molecule has 0 N–H and O–H groups in total. The standard InChI is InChI=1S/C15H15Cl2N3/c16-15(17)8-13(12-4-2-1-3-5-12)9-20(10-15)14-6-7-18-11-19-14/h1-7,11,13H,8-10H2. The summed E-state index contributed by atoms with van der Waals surface area (Å²) in [6.07, 6.45) is 4.03. The van der Waals surface area contributed by atoms with Crippen molar-refractivity contribution < 1.29 is 0 Å². The topological polar surface area (TPSA) is 29.0 Å². The molecule has 1 atom stereocenters. The first-order valence-corrected chi connectivity index (χ1v) is 7.33. The van der Waals surface area contributed by atoms with Crippen LogP contribution < -0.4 is 4.90 Å². The zero-order valence-electron chi connectivity index (χ0n) is 10.9. The molecule has 0 spiro atoms. The molecule has 0 bridgehead atoms. The number of piperidine rings is 1. The molecule has 3 nitrogen and oxygen atoms in total. The smallest absolute Gasteiger partial charge is 0.136 e. The van der Waals surface area contributed by atoms with Crippen LogP contribution >= 0.6 is 23.2 Å². The lowest BCUT2D eigenvalue weighted by Crippen LogP contribution is -2.45. The molecule has 0 saturated carbocycles. The molecule has 1 fully saturated rings. The second kappa shape index (κ2) is 5.58. The highest BCUT2D eigenvalue weighted by Crippen LogP contribution is 2.40. The van der Waals surface area contributed by atoms with E-state index < -0.39 is 4.33 Å². The minimum atomic E-state index is -0.760. The fourth-order valence-electron chi connectivity index (χ4n) is 2.69. The van der Waals surface area contributed by atoms with Gasteiger partial charge in [0.2, 0.25) is 0 Å². The van der Waals surface area contributed by atoms with Crippen molar-refractivity contribution in [3.63, 3.8) is 0 Å². The summed E-state index contributed by atoms with van der Waals surface area (Å²) in [6.45, 7) is 1.44. The third-order valence-corrected chi connectivity index (χ3v) is 4.12. The summed E-state index contributed by atoms with van der Waals surface area (Å²) in [7, 11) is 0. The predicted molar refractivity (Wildman–Crippen MR) is 82.5 cm³/mol. The average molecular weight is 308 g/mol. The van der Waals surface area contributed by atoms with E-state index in [1.165, 1.54) is 5.56 Å². The van der Waals surface area contributed by atoms with Crippen LogP contribution in [0.3, 0.4) is 0 Å². The fourth-order valence-corrected chi connectivity index (χ4v) is 3.35. The van der Waals surface area contributed by atoms with E-state index in [-0.39, 0.29) is 0 Å². The second-order valence-corrected chi connectivity index (χ2v) is 6.76. The Kier molecular flexibility index (Phi) is 3.81. The maximum atomic E-state index is 6.44. The number of hydrogen-bond donors (Lipinski definition) is 0. The van der Waals surface area contributed by atoms with Crippen molar-refractivity contribution in [1.82, 2.24) is 9.97 Å². The van der Waals surface area contributed by atoms with E-state index in [9.17, 15) is 0 Å². The van der Waals surface area contributed by atoms with Gasteiger partial charge in [-0.05, 0) is 18.1 Å². The molecule has 0 aliphatic carbocycles. The Morgan fingerprint density at radius 3 is 2.65 bits per heavy atom. The van der Waals surface area contributed by atoms with Crippen LogP contribution in [-0.2, 0) is 0 Å². The second-order valence-electron chi connectivity index (χ2n) is 5.12. The summed E-state index contributed by atoms with van der Waals surface area (Å²) in [5.41, 5.74) is 1.26. The van der Waals surface area contributed by atoms with Crippen LogP contribution in [-0.4, -0.2) is 27.4 Å². The number of benzene rings is 1. The molecule has 20 heavy (non-hydrogen) atoms. The van der Waals surface area contributed by atoms with Crippen LogP contribution in [0.4, 0.5) is 5.82 Å². The van der Waals surface area contributed by atoms with Gasteiger partial charge in [-0.1, -0.05) is 53.5 Å². The molecule has 1 unspecified atom stereocenters. The zero-order valence-corrected chi connectivity index (χ0v) is 12.4. The van der Waals surface area contributed by atoms with Crippen molar-refractivity contribution in [2.75, 3.05) is 18.0 Å². The van der Waals surface area contributed by atoms with Crippen molar-refractivity contribution in [2.45, 2.75) is 16.7 Å². The van der Waals surface area contributed by atoms with Crippen molar-refractivity contribution in [3.8, 4) is 0 Å². The number of anilines is 1. The summed E-state index contributed by atoms with van der Waals surface area (Å²) in [6, 6.07) is 12.2. The van der Waals surface area contributed by atoms with E-state index in [1.54, 1.807) is 12.5 Å². The van der Waals surface area contributed by atoms with Crippen LogP contribution in [0.1, 0.15) is 17.9 Å². The van der Waals surface area contributed by atoms with Crippen molar-refractivity contribution in [3.05, 3.63) is 54.5 Å². The van der Waals surface area contributed by atoms with Gasteiger partial charge in [-0.15, -0.1) is 0 Å². The first-order valence-electron chi connectivity index (χ1n) is 6.58. The highest BCUT2D eigenvalue weighted by Gasteiger charge is 2.37. The average Bonchev–Trinajstić information content (AvgIpc) is 2.47. The monoisotopic (exact) mass is 307 g/mol. The van der Waals surface area contributed by atoms with Crippen LogP contribution in [0.5, 0.6) is 0 Å². The normalized spacial score (nSPS) is 21.7. The summed E-state index contributed by atoms with van der Waals surface area (Å²) < 4.78 is -0.760. The molecule has 1 aromatic heterocycles. The Morgan fingerprint density at radius 1 is 1.15 bits per heavy atom. The number of nitrogens with zero attached hydrogens (tertiary/aromatic N) is 3. The molecule has 3 rings (SSSR count). The van der Waals surface area contributed by atoms with Gasteiger partial charge in [-0.3, -0.25) is 0 Å². The summed E-state index contributed by atoms with van der Waals surface area (Å²) in [4.78, 5) is 10.4. The van der Waals surface area contributed by atoms with E-state index >= 15 is 0 Å². The molecular formula is C15H15Cl2N3. The summed E-state index contributed by atoms with van der Waals surface area (Å²) in [5.74, 6) is 1.17. The van der Waals surface area contributed by atoms with E-state index in [2.05, 4.69) is 27.0 Å². The lowest BCUT2D eigenvalue weighted by atomic mass is 9.90. The predicted octanol–water partition coefficient (Wildman–Crippen LogP) is 3.64. The maximum Gasteiger partial charge on any atom is 0.136 e. The number of aromatic nitrogens is 2. The summed E-state index contributed by atoms with van der Waals surface area (Å²) in [5, 5.41) is 0. The minimum Gasteiger partial charge on any atom is -0.353 e. The van der Waals surface area contributed by atoms with Crippen molar-refractivity contribution in [1.29, 1.82) is 0 Å². The van der Waals surface area contributed by atoms with Gasteiger partial charge in [-0.25, -0.2) is 9.97 Å². The number of hydrogen-bond acceptors (Lipinski definition) is 3. The highest BCUT2D eigenvalue weighted by atomic mass is 35.5. The van der Waals surface area contributed by atoms with Crippen LogP contribution in [0.25, 0.3) is 0 Å². The van der Waals surface area contributed by atoms with E-state index in [1.807, 2.05) is 24.3 Å². The Bertz CT molecular complexity index is 510. The van der Waals surface area contributed by atoms with Crippen molar-refractivity contribution >= 4 is 29.0 Å². The summed E-state index contributed by atoms with van der Waals surface area (Å²) >= 11 is 12.9. The molecule has 2 heterocycles. The number of rotatable bonds is 2. The van der Waals surface area contributed by atoms with Gasteiger partial charge in [0, 0.05) is 18.7 Å². The Balaban J connectivity index is 1.87. The Morgan fingerprint density at radius 2 is 1.95 bits per heavy atom. The van der Waals surface area contributed by atoms with E-state index in [0.29, 0.717) is 12.5 Å². The molecule has 1 aliphatic heterocycles. The van der Waals surface area contributed by atoms with Gasteiger partial charge in [0.15, 0.2) is 0 Å². The quantitative estimate of drug-likeness (QED) is 0.793. The first kappa shape index (κ1) is 13.7. The Hall–Kier alpha value is -1.32. The van der Waals surface area contributed by atoms with Crippen LogP contribution in [0.2, 0.25) is 0 Å². The van der Waals surface area contributed by atoms with Gasteiger partial charge >= 0.3 is 0 Å². The van der Waals surface area contributed by atoms with Gasteiger partial charge in [-0.2, -0.15) is 0 Å². The Labute approximate surface area is 128 Å². The molecule has 1 saturated heterocycles. The lowest BCUT2D eigenvalue weighted by Gasteiger charge is -2.40. The van der Waals surface area contributed by atoms with Crippen LogP contribution in [0, 0.1) is 0 Å². The van der Waals surface area contributed by atoms with Gasteiger partial charge in [0.05, 0.1) is 6.54 Å². The molecule has 2 aromatic rings. The first-order chi connectivity index (χ1) is 9.64. The fraction of sp³-hybridized carbons (Fsp3) is 0.333. The van der Waals surface area contributed by atoms with E-state index in [4.69, 9.17) is 23.2 Å². The molecule has 5 heteroatoms. The molecule has 104 valence electrons. The van der Waals surface area contributed by atoms with Gasteiger partial charge in [0.1, 0.15) is 16.5 Å². The third kappa shape index (κ3) is 3.05. The molecule has 0 amide bonds.